The van der Waals surface area contributed by atoms with E-state index in [4.69, 9.17) is 4.74 Å². The Labute approximate surface area is 167 Å². The van der Waals surface area contributed by atoms with Crippen molar-refractivity contribution in [2.45, 2.75) is 51.0 Å². The summed E-state index contributed by atoms with van der Waals surface area (Å²) < 4.78 is 73.9. The Kier molecular flexibility index (Phi) is 6.09. The van der Waals surface area contributed by atoms with Crippen molar-refractivity contribution < 1.29 is 31.1 Å². The molecule has 1 aliphatic carbocycles. The van der Waals surface area contributed by atoms with Gasteiger partial charge in [-0.1, -0.05) is 30.3 Å². The van der Waals surface area contributed by atoms with E-state index in [2.05, 4.69) is 9.46 Å². The maximum absolute atomic E-state index is 12.5. The first-order chi connectivity index (χ1) is 13.5. The fourth-order valence-corrected chi connectivity index (χ4v) is 4.06. The molecule has 158 valence electrons. The molecule has 1 N–H and O–H groups in total. The lowest BCUT2D eigenvalue weighted by atomic mass is 10.1. The Balaban J connectivity index is 1.66. The molecule has 0 radical (unpaired) electrons. The number of sulfonamides is 1. The second-order valence-electron chi connectivity index (χ2n) is 7.20. The summed E-state index contributed by atoms with van der Waals surface area (Å²) >= 11 is 0. The van der Waals surface area contributed by atoms with Gasteiger partial charge >= 0.3 is 6.36 Å². The van der Waals surface area contributed by atoms with Crippen molar-refractivity contribution in [2.75, 3.05) is 0 Å². The average Bonchev–Trinajstić information content (AvgIpc) is 3.00. The number of nitrogens with one attached hydrogen (secondary N) is 1. The summed E-state index contributed by atoms with van der Waals surface area (Å²) in [6.07, 6.45) is -3.64. The molecule has 0 bridgehead atoms. The topological polar surface area (TPSA) is 64.6 Å². The summed E-state index contributed by atoms with van der Waals surface area (Å²) in [6.45, 7) is 3.31. The highest BCUT2D eigenvalue weighted by molar-refractivity contribution is 7.90. The number of alkyl halides is 3. The van der Waals surface area contributed by atoms with Crippen LogP contribution in [0.5, 0.6) is 11.5 Å². The standard InChI is InChI=1S/C20H22F3NO4S/c1-13(2)29(25,26)24-17-10-15-8-7-14(9-16(15)11-17)12-27-18-5-3-4-6-19(18)28-20(21,22)23/h3-9,13,17,24H,10-12H2,1-2H3. The Morgan fingerprint density at radius 2 is 1.72 bits per heavy atom. The molecule has 1 unspecified atom stereocenters. The van der Waals surface area contributed by atoms with E-state index in [9.17, 15) is 21.6 Å². The molecule has 0 amide bonds. The van der Waals surface area contributed by atoms with Crippen LogP contribution in [0.15, 0.2) is 42.5 Å². The van der Waals surface area contributed by atoms with Crippen molar-refractivity contribution in [3.05, 3.63) is 59.2 Å². The summed E-state index contributed by atoms with van der Waals surface area (Å²) in [4.78, 5) is 0. The van der Waals surface area contributed by atoms with E-state index in [1.165, 1.54) is 18.2 Å². The maximum Gasteiger partial charge on any atom is 0.573 e. The molecule has 2 aromatic rings. The average molecular weight is 429 g/mol. The third kappa shape index (κ3) is 5.63. The fraction of sp³-hybridized carbons (Fsp3) is 0.400. The summed E-state index contributed by atoms with van der Waals surface area (Å²) in [5.74, 6) is -0.405. The molecule has 3 rings (SSSR count). The summed E-state index contributed by atoms with van der Waals surface area (Å²) in [5, 5.41) is -0.505. The van der Waals surface area contributed by atoms with Crippen LogP contribution in [0.25, 0.3) is 0 Å². The molecule has 1 aliphatic rings. The van der Waals surface area contributed by atoms with Crippen LogP contribution < -0.4 is 14.2 Å². The van der Waals surface area contributed by atoms with Crippen molar-refractivity contribution in [3.63, 3.8) is 0 Å². The lowest BCUT2D eigenvalue weighted by Crippen LogP contribution is -2.39. The summed E-state index contributed by atoms with van der Waals surface area (Å²) in [6, 6.07) is 11.0. The van der Waals surface area contributed by atoms with E-state index in [0.29, 0.717) is 12.8 Å². The summed E-state index contributed by atoms with van der Waals surface area (Å²) in [7, 11) is -3.36. The number of para-hydroxylation sites is 2. The van der Waals surface area contributed by atoms with Crippen LogP contribution in [0.2, 0.25) is 0 Å². The number of hydrogen-bond donors (Lipinski definition) is 1. The second-order valence-corrected chi connectivity index (χ2v) is 9.47. The van der Waals surface area contributed by atoms with E-state index in [-0.39, 0.29) is 18.4 Å². The zero-order chi connectivity index (χ0) is 21.2. The van der Waals surface area contributed by atoms with Gasteiger partial charge in [-0.05, 0) is 55.5 Å². The smallest absolute Gasteiger partial charge is 0.485 e. The number of fused-ring (bicyclic) bond motifs is 1. The number of halogens is 3. The van der Waals surface area contributed by atoms with Gasteiger partial charge in [0.2, 0.25) is 10.0 Å². The zero-order valence-corrected chi connectivity index (χ0v) is 16.8. The Hall–Kier alpha value is -2.26. The molecule has 0 spiro atoms. The normalized spacial score (nSPS) is 16.7. The van der Waals surface area contributed by atoms with E-state index in [1.54, 1.807) is 19.9 Å². The van der Waals surface area contributed by atoms with Crippen LogP contribution in [0, 0.1) is 0 Å². The predicted octanol–water partition coefficient (Wildman–Crippen LogP) is 3.96. The molecule has 29 heavy (non-hydrogen) atoms. The Bertz CT molecular complexity index is 974. The van der Waals surface area contributed by atoms with Gasteiger partial charge in [-0.2, -0.15) is 0 Å². The van der Waals surface area contributed by atoms with Crippen LogP contribution in [0.1, 0.15) is 30.5 Å². The van der Waals surface area contributed by atoms with Crippen molar-refractivity contribution in [1.82, 2.24) is 4.72 Å². The molecular weight excluding hydrogens is 407 g/mol. The first-order valence-corrected chi connectivity index (χ1v) is 10.7. The molecule has 0 saturated carbocycles. The second kappa shape index (κ2) is 8.23. The Morgan fingerprint density at radius 1 is 1.07 bits per heavy atom. The third-order valence-electron chi connectivity index (χ3n) is 4.62. The van der Waals surface area contributed by atoms with Crippen LogP contribution >= 0.6 is 0 Å². The van der Waals surface area contributed by atoms with Gasteiger partial charge < -0.3 is 9.47 Å². The molecule has 0 aliphatic heterocycles. The van der Waals surface area contributed by atoms with E-state index >= 15 is 0 Å². The highest BCUT2D eigenvalue weighted by atomic mass is 32.2. The van der Waals surface area contributed by atoms with Crippen molar-refractivity contribution in [1.29, 1.82) is 0 Å². The predicted molar refractivity (Wildman–Crippen MR) is 102 cm³/mol. The lowest BCUT2D eigenvalue weighted by molar-refractivity contribution is -0.275. The number of rotatable bonds is 7. The first-order valence-electron chi connectivity index (χ1n) is 9.13. The van der Waals surface area contributed by atoms with Gasteiger partial charge in [0.05, 0.1) is 5.25 Å². The number of hydrogen-bond acceptors (Lipinski definition) is 4. The van der Waals surface area contributed by atoms with Gasteiger partial charge in [-0.15, -0.1) is 13.2 Å². The monoisotopic (exact) mass is 429 g/mol. The molecule has 0 fully saturated rings. The van der Waals surface area contributed by atoms with E-state index < -0.39 is 27.4 Å². The van der Waals surface area contributed by atoms with Crippen LogP contribution in [-0.2, 0) is 29.5 Å². The number of benzene rings is 2. The van der Waals surface area contributed by atoms with E-state index in [1.807, 2.05) is 18.2 Å². The van der Waals surface area contributed by atoms with Crippen molar-refractivity contribution in [3.8, 4) is 11.5 Å². The van der Waals surface area contributed by atoms with Crippen molar-refractivity contribution >= 4 is 10.0 Å². The minimum Gasteiger partial charge on any atom is -0.485 e. The van der Waals surface area contributed by atoms with Crippen LogP contribution in [0.3, 0.4) is 0 Å². The van der Waals surface area contributed by atoms with Gasteiger partial charge in [0.15, 0.2) is 11.5 Å². The van der Waals surface area contributed by atoms with Crippen LogP contribution in [0.4, 0.5) is 13.2 Å². The molecule has 0 saturated heterocycles. The largest absolute Gasteiger partial charge is 0.573 e. The number of ether oxygens (including phenoxy) is 2. The van der Waals surface area contributed by atoms with Gasteiger partial charge in [0.25, 0.3) is 0 Å². The Morgan fingerprint density at radius 3 is 2.38 bits per heavy atom. The quantitative estimate of drug-likeness (QED) is 0.724. The SMILES string of the molecule is CC(C)S(=O)(=O)NC1Cc2ccc(COc3ccccc3OC(F)(F)F)cc2C1. The fourth-order valence-electron chi connectivity index (χ4n) is 3.15. The zero-order valence-electron chi connectivity index (χ0n) is 16.0. The lowest BCUT2D eigenvalue weighted by Gasteiger charge is -2.14. The first kappa shape index (κ1) is 21.4. The molecule has 2 aromatic carbocycles. The van der Waals surface area contributed by atoms with Gasteiger partial charge in [-0.3, -0.25) is 0 Å². The molecule has 9 heteroatoms. The summed E-state index contributed by atoms with van der Waals surface area (Å²) in [5.41, 5.74) is 2.83. The molecule has 0 aromatic heterocycles. The molecule has 1 atom stereocenters. The van der Waals surface area contributed by atoms with Crippen molar-refractivity contribution in [2.24, 2.45) is 0 Å². The molecular formula is C20H22F3NO4S. The highest BCUT2D eigenvalue weighted by Gasteiger charge is 2.32. The highest BCUT2D eigenvalue weighted by Crippen LogP contribution is 2.32. The van der Waals surface area contributed by atoms with Gasteiger partial charge in [-0.25, -0.2) is 13.1 Å². The van der Waals surface area contributed by atoms with Crippen LogP contribution in [-0.4, -0.2) is 26.1 Å². The minimum atomic E-state index is -4.80. The molecule has 0 heterocycles. The van der Waals surface area contributed by atoms with E-state index in [0.717, 1.165) is 16.7 Å². The van der Waals surface area contributed by atoms with Gasteiger partial charge in [0, 0.05) is 6.04 Å². The molecule has 5 nitrogen and oxygen atoms in total. The third-order valence-corrected chi connectivity index (χ3v) is 6.53. The minimum absolute atomic E-state index is 0.00658. The maximum atomic E-state index is 12.5. The van der Waals surface area contributed by atoms with Gasteiger partial charge in [0.1, 0.15) is 6.61 Å².